The predicted octanol–water partition coefficient (Wildman–Crippen LogP) is 3.90. The maximum atomic E-state index is 12.5. The molecule has 2 aromatic rings. The molecule has 0 N–H and O–H groups in total. The van der Waals surface area contributed by atoms with Crippen molar-refractivity contribution < 1.29 is 14.3 Å². The van der Waals surface area contributed by atoms with E-state index < -0.39 is 0 Å². The first-order chi connectivity index (χ1) is 9.55. The smallest absolute Gasteiger partial charge is 0.193 e. The Morgan fingerprint density at radius 3 is 2.05 bits per heavy atom. The second kappa shape index (κ2) is 5.97. The maximum Gasteiger partial charge on any atom is 0.193 e. The number of ketones is 1. The van der Waals surface area contributed by atoms with Gasteiger partial charge in [0.2, 0.25) is 0 Å². The largest absolute Gasteiger partial charge is 0.497 e. The van der Waals surface area contributed by atoms with Crippen molar-refractivity contribution in [1.29, 1.82) is 0 Å². The third-order valence-electron chi connectivity index (χ3n) is 3.03. The van der Waals surface area contributed by atoms with E-state index in [1.54, 1.807) is 50.6 Å². The van der Waals surface area contributed by atoms with Crippen molar-refractivity contribution in [2.45, 2.75) is 6.92 Å². The lowest BCUT2D eigenvalue weighted by Crippen LogP contribution is -2.03. The fourth-order valence-corrected chi connectivity index (χ4v) is 2.01. The summed E-state index contributed by atoms with van der Waals surface area (Å²) in [4.78, 5) is 12.5. The zero-order chi connectivity index (χ0) is 14.7. The van der Waals surface area contributed by atoms with Crippen LogP contribution in [-0.4, -0.2) is 20.0 Å². The summed E-state index contributed by atoms with van der Waals surface area (Å²) in [6.45, 7) is 1.87. The van der Waals surface area contributed by atoms with Crippen molar-refractivity contribution in [1.82, 2.24) is 0 Å². The summed E-state index contributed by atoms with van der Waals surface area (Å²) in [7, 11) is 3.10. The molecule has 0 fully saturated rings. The molecule has 0 spiro atoms. The minimum Gasteiger partial charge on any atom is -0.497 e. The Bertz CT molecular complexity index is 628. The summed E-state index contributed by atoms with van der Waals surface area (Å²) in [5, 5.41) is 0.643. The van der Waals surface area contributed by atoms with Crippen molar-refractivity contribution in [2.75, 3.05) is 14.2 Å². The van der Waals surface area contributed by atoms with Crippen LogP contribution in [0.4, 0.5) is 0 Å². The number of carbonyl (C=O) groups is 1. The molecule has 0 aliphatic heterocycles. The van der Waals surface area contributed by atoms with Gasteiger partial charge in [0.25, 0.3) is 0 Å². The SMILES string of the molecule is COc1cc(OC)cc(C(=O)c2ccc(Cl)c(C)c2)c1. The van der Waals surface area contributed by atoms with E-state index in [-0.39, 0.29) is 5.78 Å². The third kappa shape index (κ3) is 2.94. The number of carbonyl (C=O) groups excluding carboxylic acids is 1. The molecular weight excluding hydrogens is 276 g/mol. The first kappa shape index (κ1) is 14.4. The summed E-state index contributed by atoms with van der Waals surface area (Å²) >= 11 is 5.98. The van der Waals surface area contributed by atoms with E-state index in [9.17, 15) is 4.79 Å². The van der Waals surface area contributed by atoms with Gasteiger partial charge in [-0.1, -0.05) is 11.6 Å². The maximum absolute atomic E-state index is 12.5. The quantitative estimate of drug-likeness (QED) is 0.801. The van der Waals surface area contributed by atoms with Crippen LogP contribution in [0.1, 0.15) is 21.5 Å². The molecular formula is C16H15ClO3. The molecule has 0 aliphatic carbocycles. The molecule has 0 radical (unpaired) electrons. The Balaban J connectivity index is 2.44. The van der Waals surface area contributed by atoms with Crippen LogP contribution in [0.25, 0.3) is 0 Å². The van der Waals surface area contributed by atoms with Crippen molar-refractivity contribution in [3.8, 4) is 11.5 Å². The molecule has 0 aromatic heterocycles. The molecule has 0 heterocycles. The summed E-state index contributed by atoms with van der Waals surface area (Å²) in [5.41, 5.74) is 1.97. The highest BCUT2D eigenvalue weighted by molar-refractivity contribution is 6.31. The van der Waals surface area contributed by atoms with Gasteiger partial charge in [-0.3, -0.25) is 4.79 Å². The second-order valence-corrected chi connectivity index (χ2v) is 4.80. The van der Waals surface area contributed by atoms with Gasteiger partial charge in [-0.2, -0.15) is 0 Å². The minimum absolute atomic E-state index is 0.0954. The lowest BCUT2D eigenvalue weighted by atomic mass is 10.0. The minimum atomic E-state index is -0.0954. The Morgan fingerprint density at radius 2 is 1.55 bits per heavy atom. The number of methoxy groups -OCH3 is 2. The number of aryl methyl sites for hydroxylation is 1. The first-order valence-corrected chi connectivity index (χ1v) is 6.47. The molecule has 0 saturated carbocycles. The van der Waals surface area contributed by atoms with Crippen LogP contribution in [-0.2, 0) is 0 Å². The normalized spacial score (nSPS) is 10.2. The van der Waals surface area contributed by atoms with Gasteiger partial charge in [-0.15, -0.1) is 0 Å². The summed E-state index contributed by atoms with van der Waals surface area (Å²) in [6, 6.07) is 10.3. The van der Waals surface area contributed by atoms with Crippen LogP contribution >= 0.6 is 11.6 Å². The van der Waals surface area contributed by atoms with Gasteiger partial charge in [0.15, 0.2) is 5.78 Å². The van der Waals surface area contributed by atoms with E-state index in [0.717, 1.165) is 5.56 Å². The van der Waals surface area contributed by atoms with Gasteiger partial charge in [-0.05, 0) is 42.8 Å². The fourth-order valence-electron chi connectivity index (χ4n) is 1.89. The van der Waals surface area contributed by atoms with Gasteiger partial charge < -0.3 is 9.47 Å². The Morgan fingerprint density at radius 1 is 0.950 bits per heavy atom. The van der Waals surface area contributed by atoms with E-state index in [4.69, 9.17) is 21.1 Å². The molecule has 0 aliphatic rings. The molecule has 2 aromatic carbocycles. The van der Waals surface area contributed by atoms with Gasteiger partial charge >= 0.3 is 0 Å². The number of hydrogen-bond acceptors (Lipinski definition) is 3. The Labute approximate surface area is 123 Å². The topological polar surface area (TPSA) is 35.5 Å². The van der Waals surface area contributed by atoms with Crippen LogP contribution < -0.4 is 9.47 Å². The number of benzene rings is 2. The molecule has 3 nitrogen and oxygen atoms in total. The van der Waals surface area contributed by atoms with Gasteiger partial charge in [0.1, 0.15) is 11.5 Å². The lowest BCUT2D eigenvalue weighted by molar-refractivity contribution is 0.103. The second-order valence-electron chi connectivity index (χ2n) is 4.39. The van der Waals surface area contributed by atoms with Crippen LogP contribution in [0, 0.1) is 6.92 Å². The van der Waals surface area contributed by atoms with Crippen LogP contribution in [0.5, 0.6) is 11.5 Å². The average Bonchev–Trinajstić information content (AvgIpc) is 2.48. The summed E-state index contributed by atoms with van der Waals surface area (Å²) in [5.74, 6) is 1.07. The standard InChI is InChI=1S/C16H15ClO3/c1-10-6-11(4-5-15(10)17)16(18)12-7-13(19-2)9-14(8-12)20-3/h4-9H,1-3H3. The molecule has 20 heavy (non-hydrogen) atoms. The lowest BCUT2D eigenvalue weighted by Gasteiger charge is -2.08. The highest BCUT2D eigenvalue weighted by Crippen LogP contribution is 2.25. The average molecular weight is 291 g/mol. The first-order valence-electron chi connectivity index (χ1n) is 6.09. The van der Waals surface area contributed by atoms with Gasteiger partial charge in [0, 0.05) is 22.2 Å². The van der Waals surface area contributed by atoms with E-state index in [0.29, 0.717) is 27.6 Å². The zero-order valence-corrected chi connectivity index (χ0v) is 12.3. The summed E-state index contributed by atoms with van der Waals surface area (Å²) < 4.78 is 10.3. The molecule has 0 amide bonds. The highest BCUT2D eigenvalue weighted by Gasteiger charge is 2.13. The van der Waals surface area contributed by atoms with E-state index >= 15 is 0 Å². The fraction of sp³-hybridized carbons (Fsp3) is 0.188. The number of rotatable bonds is 4. The van der Waals surface area contributed by atoms with E-state index in [2.05, 4.69) is 0 Å². The van der Waals surface area contributed by atoms with Crippen molar-refractivity contribution in [2.24, 2.45) is 0 Å². The third-order valence-corrected chi connectivity index (χ3v) is 3.46. The van der Waals surface area contributed by atoms with Gasteiger partial charge in [-0.25, -0.2) is 0 Å². The molecule has 0 unspecified atom stereocenters. The van der Waals surface area contributed by atoms with Crippen molar-refractivity contribution in [3.05, 3.63) is 58.1 Å². The van der Waals surface area contributed by atoms with E-state index in [1.807, 2.05) is 6.92 Å². The van der Waals surface area contributed by atoms with Crippen LogP contribution in [0.15, 0.2) is 36.4 Å². The number of ether oxygens (including phenoxy) is 2. The van der Waals surface area contributed by atoms with Crippen molar-refractivity contribution in [3.63, 3.8) is 0 Å². The molecule has 2 rings (SSSR count). The van der Waals surface area contributed by atoms with Gasteiger partial charge in [0.05, 0.1) is 14.2 Å². The molecule has 4 heteroatoms. The molecule has 0 saturated heterocycles. The number of halogens is 1. The van der Waals surface area contributed by atoms with Crippen LogP contribution in [0.2, 0.25) is 5.02 Å². The molecule has 0 bridgehead atoms. The highest BCUT2D eigenvalue weighted by atomic mass is 35.5. The predicted molar refractivity (Wildman–Crippen MR) is 79.2 cm³/mol. The summed E-state index contributed by atoms with van der Waals surface area (Å²) in [6.07, 6.45) is 0. The Kier molecular flexibility index (Phi) is 4.30. The zero-order valence-electron chi connectivity index (χ0n) is 11.6. The monoisotopic (exact) mass is 290 g/mol. The van der Waals surface area contributed by atoms with E-state index in [1.165, 1.54) is 0 Å². The Hall–Kier alpha value is -2.00. The van der Waals surface area contributed by atoms with Crippen molar-refractivity contribution >= 4 is 17.4 Å². The molecule has 0 atom stereocenters. The molecule has 104 valence electrons. The number of hydrogen-bond donors (Lipinski definition) is 0. The van der Waals surface area contributed by atoms with Crippen LogP contribution in [0.3, 0.4) is 0 Å².